The molecular weight excluding hydrogens is 300 g/mol. The van der Waals surface area contributed by atoms with E-state index in [0.717, 1.165) is 6.26 Å². The van der Waals surface area contributed by atoms with Crippen LogP contribution in [0.25, 0.3) is 0 Å². The molecule has 0 aliphatic heterocycles. The maximum Gasteiger partial charge on any atom is 0.240 e. The van der Waals surface area contributed by atoms with E-state index in [9.17, 15) is 16.8 Å². The fraction of sp³-hybridized carbons (Fsp3) is 0.417. The van der Waals surface area contributed by atoms with Gasteiger partial charge in [0.25, 0.3) is 0 Å². The van der Waals surface area contributed by atoms with E-state index in [-0.39, 0.29) is 10.6 Å². The van der Waals surface area contributed by atoms with Gasteiger partial charge in [0.15, 0.2) is 0 Å². The summed E-state index contributed by atoms with van der Waals surface area (Å²) in [6.45, 7) is 3.12. The molecule has 1 unspecified atom stereocenters. The standard InChI is InChI=1S/C12H16N2O4S2/c1-9-6-12(5-4-11(9)7-13)20(17,18)14-10(2)8-19(3,15)16/h4-6,10,14H,8H2,1-3H3. The highest BCUT2D eigenvalue weighted by molar-refractivity contribution is 7.91. The molecule has 1 aromatic rings. The molecule has 0 bridgehead atoms. The van der Waals surface area contributed by atoms with Crippen molar-refractivity contribution in [2.45, 2.75) is 24.8 Å². The summed E-state index contributed by atoms with van der Waals surface area (Å²) < 4.78 is 48.7. The number of nitrogens with one attached hydrogen (secondary N) is 1. The van der Waals surface area contributed by atoms with Crippen molar-refractivity contribution in [2.75, 3.05) is 12.0 Å². The minimum atomic E-state index is -3.80. The molecule has 1 N–H and O–H groups in total. The maximum atomic E-state index is 12.1. The summed E-state index contributed by atoms with van der Waals surface area (Å²) in [5, 5.41) is 8.80. The van der Waals surface area contributed by atoms with E-state index in [1.54, 1.807) is 6.92 Å². The number of hydrogen-bond donors (Lipinski definition) is 1. The Bertz CT molecular complexity index is 746. The Morgan fingerprint density at radius 1 is 1.30 bits per heavy atom. The minimum absolute atomic E-state index is 0.00866. The Balaban J connectivity index is 3.01. The van der Waals surface area contributed by atoms with E-state index in [1.165, 1.54) is 25.1 Å². The molecule has 0 aromatic heterocycles. The second kappa shape index (κ2) is 5.91. The first kappa shape index (κ1) is 16.6. The van der Waals surface area contributed by atoms with Crippen LogP contribution in [0.5, 0.6) is 0 Å². The van der Waals surface area contributed by atoms with Crippen LogP contribution in [0.1, 0.15) is 18.1 Å². The fourth-order valence-electron chi connectivity index (χ4n) is 1.75. The molecule has 0 aliphatic rings. The van der Waals surface area contributed by atoms with Gasteiger partial charge in [0, 0.05) is 12.3 Å². The normalized spacial score (nSPS) is 13.7. The molecule has 1 aromatic carbocycles. The molecule has 20 heavy (non-hydrogen) atoms. The zero-order chi connectivity index (χ0) is 15.6. The molecule has 0 heterocycles. The highest BCUT2D eigenvalue weighted by Crippen LogP contribution is 2.15. The number of aryl methyl sites for hydroxylation is 1. The zero-order valence-corrected chi connectivity index (χ0v) is 13.0. The maximum absolute atomic E-state index is 12.1. The average molecular weight is 316 g/mol. The first-order valence-corrected chi connectivity index (χ1v) is 9.30. The highest BCUT2D eigenvalue weighted by Gasteiger charge is 2.20. The van der Waals surface area contributed by atoms with E-state index in [2.05, 4.69) is 4.72 Å². The predicted molar refractivity (Wildman–Crippen MR) is 75.4 cm³/mol. The topological polar surface area (TPSA) is 104 Å². The summed E-state index contributed by atoms with van der Waals surface area (Å²) in [6.07, 6.45) is 1.05. The molecule has 0 amide bonds. The number of rotatable bonds is 5. The molecule has 8 heteroatoms. The summed E-state index contributed by atoms with van der Waals surface area (Å²) >= 11 is 0. The van der Waals surface area contributed by atoms with Gasteiger partial charge in [0.05, 0.1) is 22.3 Å². The summed E-state index contributed by atoms with van der Waals surface area (Å²) in [4.78, 5) is 0.00866. The summed E-state index contributed by atoms with van der Waals surface area (Å²) in [7, 11) is -7.07. The molecular formula is C12H16N2O4S2. The van der Waals surface area contributed by atoms with Gasteiger partial charge in [-0.1, -0.05) is 0 Å². The molecule has 110 valence electrons. The van der Waals surface area contributed by atoms with E-state index >= 15 is 0 Å². The Labute approximate surface area is 119 Å². The Hall–Kier alpha value is -1.43. The number of hydrogen-bond acceptors (Lipinski definition) is 5. The monoisotopic (exact) mass is 316 g/mol. The zero-order valence-electron chi connectivity index (χ0n) is 11.4. The van der Waals surface area contributed by atoms with Crippen LogP contribution >= 0.6 is 0 Å². The predicted octanol–water partition coefficient (Wildman–Crippen LogP) is 0.578. The van der Waals surface area contributed by atoms with Crippen molar-refractivity contribution in [3.63, 3.8) is 0 Å². The van der Waals surface area contributed by atoms with E-state index < -0.39 is 25.9 Å². The van der Waals surface area contributed by atoms with Crippen molar-refractivity contribution in [1.29, 1.82) is 5.26 Å². The van der Waals surface area contributed by atoms with Gasteiger partial charge in [-0.3, -0.25) is 0 Å². The van der Waals surface area contributed by atoms with Crippen LogP contribution in [-0.4, -0.2) is 34.9 Å². The SMILES string of the molecule is Cc1cc(S(=O)(=O)NC(C)CS(C)(=O)=O)ccc1C#N. The van der Waals surface area contributed by atoms with E-state index in [1.807, 2.05) is 6.07 Å². The molecule has 0 radical (unpaired) electrons. The van der Waals surface area contributed by atoms with Crippen LogP contribution in [-0.2, 0) is 19.9 Å². The van der Waals surface area contributed by atoms with Crippen molar-refractivity contribution < 1.29 is 16.8 Å². The van der Waals surface area contributed by atoms with Crippen molar-refractivity contribution in [1.82, 2.24) is 4.72 Å². The van der Waals surface area contributed by atoms with Gasteiger partial charge in [0.2, 0.25) is 10.0 Å². The largest absolute Gasteiger partial charge is 0.240 e. The van der Waals surface area contributed by atoms with E-state index in [4.69, 9.17) is 5.26 Å². The summed E-state index contributed by atoms with van der Waals surface area (Å²) in [5.41, 5.74) is 0.944. The first-order chi connectivity index (χ1) is 9.05. The van der Waals surface area contributed by atoms with Crippen LogP contribution in [0.3, 0.4) is 0 Å². The fourth-order valence-corrected chi connectivity index (χ4v) is 4.18. The van der Waals surface area contributed by atoms with Crippen molar-refractivity contribution in [3.05, 3.63) is 29.3 Å². The van der Waals surface area contributed by atoms with Gasteiger partial charge in [-0.25, -0.2) is 21.6 Å². The molecule has 1 atom stereocenters. The molecule has 0 fully saturated rings. The van der Waals surface area contributed by atoms with Crippen molar-refractivity contribution in [3.8, 4) is 6.07 Å². The van der Waals surface area contributed by atoms with Crippen LogP contribution < -0.4 is 4.72 Å². The van der Waals surface area contributed by atoms with Gasteiger partial charge >= 0.3 is 0 Å². The molecule has 1 rings (SSSR count). The third kappa shape index (κ3) is 4.59. The Kier molecular flexibility index (Phi) is 4.91. The van der Waals surface area contributed by atoms with Crippen LogP contribution in [0.15, 0.2) is 23.1 Å². The molecule has 6 nitrogen and oxygen atoms in total. The molecule has 0 spiro atoms. The molecule has 0 saturated heterocycles. The lowest BCUT2D eigenvalue weighted by Crippen LogP contribution is -2.37. The first-order valence-electron chi connectivity index (χ1n) is 5.76. The van der Waals surface area contributed by atoms with Crippen LogP contribution in [0, 0.1) is 18.3 Å². The number of benzene rings is 1. The third-order valence-electron chi connectivity index (χ3n) is 2.54. The van der Waals surface area contributed by atoms with Gasteiger partial charge in [-0.2, -0.15) is 5.26 Å². The van der Waals surface area contributed by atoms with Crippen molar-refractivity contribution in [2.24, 2.45) is 0 Å². The van der Waals surface area contributed by atoms with Gasteiger partial charge in [-0.15, -0.1) is 0 Å². The van der Waals surface area contributed by atoms with E-state index in [0.29, 0.717) is 11.1 Å². The Morgan fingerprint density at radius 3 is 2.35 bits per heavy atom. The van der Waals surface area contributed by atoms with Crippen LogP contribution in [0.2, 0.25) is 0 Å². The third-order valence-corrected chi connectivity index (χ3v) is 5.23. The second-order valence-electron chi connectivity index (χ2n) is 4.70. The van der Waals surface area contributed by atoms with Gasteiger partial charge in [0.1, 0.15) is 9.84 Å². The number of sulfone groups is 1. The van der Waals surface area contributed by atoms with Gasteiger partial charge < -0.3 is 0 Å². The summed E-state index contributed by atoms with van der Waals surface area (Å²) in [6, 6.07) is 5.35. The second-order valence-corrected chi connectivity index (χ2v) is 8.60. The smallest absolute Gasteiger partial charge is 0.229 e. The number of nitrogens with zero attached hydrogens (tertiary/aromatic N) is 1. The molecule has 0 saturated carbocycles. The Morgan fingerprint density at radius 2 is 1.90 bits per heavy atom. The van der Waals surface area contributed by atoms with Crippen LogP contribution in [0.4, 0.5) is 0 Å². The number of sulfonamides is 1. The molecule has 0 aliphatic carbocycles. The average Bonchev–Trinajstić information content (AvgIpc) is 2.25. The quantitative estimate of drug-likeness (QED) is 0.855. The lowest BCUT2D eigenvalue weighted by Gasteiger charge is -2.13. The van der Waals surface area contributed by atoms with Crippen molar-refractivity contribution >= 4 is 19.9 Å². The minimum Gasteiger partial charge on any atom is -0.229 e. The summed E-state index contributed by atoms with van der Waals surface area (Å²) in [5.74, 6) is -0.276. The highest BCUT2D eigenvalue weighted by atomic mass is 32.2. The lowest BCUT2D eigenvalue weighted by molar-refractivity contribution is 0.564. The van der Waals surface area contributed by atoms with Gasteiger partial charge in [-0.05, 0) is 37.6 Å². The number of nitriles is 1. The lowest BCUT2D eigenvalue weighted by atomic mass is 10.1.